The summed E-state index contributed by atoms with van der Waals surface area (Å²) in [6, 6.07) is 10.1. The molecule has 25 heavy (non-hydrogen) atoms. The Kier molecular flexibility index (Phi) is 8.15. The average molecular weight is 347 g/mol. The summed E-state index contributed by atoms with van der Waals surface area (Å²) in [4.78, 5) is 2.20. The second kappa shape index (κ2) is 10.4. The van der Waals surface area contributed by atoms with Crippen molar-refractivity contribution in [1.82, 2.24) is 4.90 Å². The first-order valence-electron chi connectivity index (χ1n) is 8.64. The molecule has 0 radical (unpaired) electrons. The van der Waals surface area contributed by atoms with Gasteiger partial charge in [0.2, 0.25) is 0 Å². The minimum absolute atomic E-state index is 0.275. The van der Waals surface area contributed by atoms with Gasteiger partial charge in [-0.15, -0.1) is 0 Å². The molecule has 138 valence electrons. The topological polar surface area (TPSA) is 55.1 Å². The summed E-state index contributed by atoms with van der Waals surface area (Å²) in [7, 11) is 1.69. The standard InChI is InChI=1S/C20H29NO4/c1-16-6-7-17(2)18(11-16)12-21(8-10-23-3)13-19(22)14-24-15-20-5-4-9-25-20/h4-7,9,11,19,22H,8,10,12-15H2,1-3H3. The van der Waals surface area contributed by atoms with Gasteiger partial charge in [-0.2, -0.15) is 0 Å². The number of rotatable bonds is 11. The third-order valence-electron chi connectivity index (χ3n) is 4.11. The molecule has 1 atom stereocenters. The highest BCUT2D eigenvalue weighted by Crippen LogP contribution is 2.14. The fraction of sp³-hybridized carbons (Fsp3) is 0.500. The van der Waals surface area contributed by atoms with Gasteiger partial charge >= 0.3 is 0 Å². The largest absolute Gasteiger partial charge is 0.467 e. The Labute approximate surface area is 150 Å². The minimum Gasteiger partial charge on any atom is -0.467 e. The second-order valence-electron chi connectivity index (χ2n) is 6.41. The van der Waals surface area contributed by atoms with Crippen LogP contribution in [-0.2, 0) is 22.6 Å². The van der Waals surface area contributed by atoms with Crippen molar-refractivity contribution in [3.8, 4) is 0 Å². The van der Waals surface area contributed by atoms with Gasteiger partial charge in [-0.25, -0.2) is 0 Å². The van der Waals surface area contributed by atoms with E-state index in [9.17, 15) is 5.11 Å². The zero-order chi connectivity index (χ0) is 18.1. The van der Waals surface area contributed by atoms with Gasteiger partial charge in [0, 0.05) is 26.7 Å². The van der Waals surface area contributed by atoms with E-state index >= 15 is 0 Å². The molecule has 1 aromatic heterocycles. The maximum absolute atomic E-state index is 10.3. The molecule has 0 saturated heterocycles. The highest BCUT2D eigenvalue weighted by Gasteiger charge is 2.14. The van der Waals surface area contributed by atoms with Crippen LogP contribution in [0, 0.1) is 13.8 Å². The maximum Gasteiger partial charge on any atom is 0.129 e. The Morgan fingerprint density at radius 2 is 2.08 bits per heavy atom. The average Bonchev–Trinajstić information content (AvgIpc) is 3.09. The first-order chi connectivity index (χ1) is 12.1. The summed E-state index contributed by atoms with van der Waals surface area (Å²) < 4.78 is 16.0. The van der Waals surface area contributed by atoms with E-state index < -0.39 is 6.10 Å². The van der Waals surface area contributed by atoms with Crippen LogP contribution in [0.25, 0.3) is 0 Å². The predicted molar refractivity (Wildman–Crippen MR) is 97.4 cm³/mol. The summed E-state index contributed by atoms with van der Waals surface area (Å²) in [5, 5.41) is 10.3. The van der Waals surface area contributed by atoms with E-state index in [1.54, 1.807) is 13.4 Å². The molecule has 0 saturated carbocycles. The summed E-state index contributed by atoms with van der Waals surface area (Å²) in [5.41, 5.74) is 3.78. The molecule has 2 rings (SSSR count). The van der Waals surface area contributed by atoms with Crippen LogP contribution in [0.5, 0.6) is 0 Å². The molecule has 5 heteroatoms. The first kappa shape index (κ1) is 19.7. The number of aryl methyl sites for hydroxylation is 2. The van der Waals surface area contributed by atoms with Crippen molar-refractivity contribution in [2.24, 2.45) is 0 Å². The number of aliphatic hydroxyl groups excluding tert-OH is 1. The number of methoxy groups -OCH3 is 1. The third-order valence-corrected chi connectivity index (χ3v) is 4.11. The molecular formula is C20H29NO4. The normalized spacial score (nSPS) is 12.7. The number of aliphatic hydroxyl groups is 1. The first-order valence-corrected chi connectivity index (χ1v) is 8.64. The molecule has 1 N–H and O–H groups in total. The molecule has 5 nitrogen and oxygen atoms in total. The lowest BCUT2D eigenvalue weighted by molar-refractivity contribution is 0.000457. The van der Waals surface area contributed by atoms with Crippen molar-refractivity contribution < 1.29 is 19.0 Å². The van der Waals surface area contributed by atoms with E-state index in [4.69, 9.17) is 13.9 Å². The second-order valence-corrected chi connectivity index (χ2v) is 6.41. The number of ether oxygens (including phenoxy) is 2. The Morgan fingerprint density at radius 1 is 1.24 bits per heavy atom. The van der Waals surface area contributed by atoms with Crippen molar-refractivity contribution in [3.05, 3.63) is 59.0 Å². The molecule has 2 aromatic rings. The SMILES string of the molecule is COCCN(Cc1cc(C)ccc1C)CC(O)COCc1ccco1. The molecule has 0 spiro atoms. The van der Waals surface area contributed by atoms with E-state index in [0.717, 1.165) is 18.8 Å². The zero-order valence-corrected chi connectivity index (χ0v) is 15.4. The smallest absolute Gasteiger partial charge is 0.129 e. The van der Waals surface area contributed by atoms with Crippen molar-refractivity contribution in [3.63, 3.8) is 0 Å². The summed E-state index contributed by atoms with van der Waals surface area (Å²) in [5.74, 6) is 0.763. The van der Waals surface area contributed by atoms with Gasteiger partial charge in [0.1, 0.15) is 12.4 Å². The Bertz CT molecular complexity index is 612. The number of hydrogen-bond acceptors (Lipinski definition) is 5. The van der Waals surface area contributed by atoms with Crippen LogP contribution in [0.4, 0.5) is 0 Å². The molecule has 0 aliphatic rings. The van der Waals surface area contributed by atoms with Gasteiger partial charge in [-0.1, -0.05) is 23.8 Å². The van der Waals surface area contributed by atoms with Crippen molar-refractivity contribution in [2.45, 2.75) is 33.1 Å². The van der Waals surface area contributed by atoms with E-state index in [1.807, 2.05) is 12.1 Å². The lowest BCUT2D eigenvalue weighted by Crippen LogP contribution is -2.36. The van der Waals surface area contributed by atoms with Crippen LogP contribution in [0.3, 0.4) is 0 Å². The maximum atomic E-state index is 10.3. The van der Waals surface area contributed by atoms with E-state index in [0.29, 0.717) is 19.8 Å². The van der Waals surface area contributed by atoms with Crippen LogP contribution in [0.2, 0.25) is 0 Å². The minimum atomic E-state index is -0.558. The Hall–Kier alpha value is -1.66. The number of hydrogen-bond donors (Lipinski definition) is 1. The molecule has 0 fully saturated rings. The van der Waals surface area contributed by atoms with Crippen LogP contribution in [-0.4, -0.2) is 49.5 Å². The lowest BCUT2D eigenvalue weighted by Gasteiger charge is -2.25. The quantitative estimate of drug-likeness (QED) is 0.677. The zero-order valence-electron chi connectivity index (χ0n) is 15.4. The van der Waals surface area contributed by atoms with E-state index in [1.165, 1.54) is 16.7 Å². The van der Waals surface area contributed by atoms with E-state index in [2.05, 4.69) is 36.9 Å². The van der Waals surface area contributed by atoms with Crippen molar-refractivity contribution in [1.29, 1.82) is 0 Å². The van der Waals surface area contributed by atoms with E-state index in [-0.39, 0.29) is 6.61 Å². The fourth-order valence-corrected chi connectivity index (χ4v) is 2.71. The predicted octanol–water partition coefficient (Wildman–Crippen LogP) is 2.92. The Balaban J connectivity index is 1.86. The highest BCUT2D eigenvalue weighted by molar-refractivity contribution is 5.30. The van der Waals surface area contributed by atoms with Gasteiger partial charge in [0.05, 0.1) is 25.6 Å². The summed E-state index contributed by atoms with van der Waals surface area (Å²) in [6.45, 7) is 7.58. The van der Waals surface area contributed by atoms with Gasteiger partial charge in [-0.3, -0.25) is 4.90 Å². The van der Waals surface area contributed by atoms with Gasteiger partial charge in [0.15, 0.2) is 0 Å². The molecule has 0 bridgehead atoms. The van der Waals surface area contributed by atoms with Gasteiger partial charge < -0.3 is 19.0 Å². The van der Waals surface area contributed by atoms with Crippen LogP contribution >= 0.6 is 0 Å². The monoisotopic (exact) mass is 347 g/mol. The van der Waals surface area contributed by atoms with Crippen LogP contribution in [0.15, 0.2) is 41.0 Å². The molecule has 1 heterocycles. The molecule has 0 aliphatic heterocycles. The van der Waals surface area contributed by atoms with Crippen LogP contribution < -0.4 is 0 Å². The number of benzene rings is 1. The Morgan fingerprint density at radius 3 is 2.80 bits per heavy atom. The summed E-state index contributed by atoms with van der Waals surface area (Å²) >= 11 is 0. The van der Waals surface area contributed by atoms with Crippen molar-refractivity contribution >= 4 is 0 Å². The number of furan rings is 1. The lowest BCUT2D eigenvalue weighted by atomic mass is 10.1. The third kappa shape index (κ3) is 7.00. The van der Waals surface area contributed by atoms with Crippen LogP contribution in [0.1, 0.15) is 22.5 Å². The fourth-order valence-electron chi connectivity index (χ4n) is 2.71. The molecule has 0 amide bonds. The summed E-state index contributed by atoms with van der Waals surface area (Å²) in [6.07, 6.45) is 1.06. The molecule has 1 unspecified atom stereocenters. The van der Waals surface area contributed by atoms with Gasteiger partial charge in [0.25, 0.3) is 0 Å². The molecule has 1 aromatic carbocycles. The van der Waals surface area contributed by atoms with Crippen molar-refractivity contribution in [2.75, 3.05) is 33.4 Å². The number of nitrogens with zero attached hydrogens (tertiary/aromatic N) is 1. The molecular weight excluding hydrogens is 318 g/mol. The molecule has 0 aliphatic carbocycles. The highest BCUT2D eigenvalue weighted by atomic mass is 16.5. The van der Waals surface area contributed by atoms with Gasteiger partial charge in [-0.05, 0) is 37.1 Å².